The Bertz CT molecular complexity index is 412. The maximum Gasteiger partial charge on any atom is 0.130 e. The molecule has 1 aromatic heterocycles. The van der Waals surface area contributed by atoms with Crippen molar-refractivity contribution in [2.24, 2.45) is 0 Å². The molecule has 2 heterocycles. The van der Waals surface area contributed by atoms with Crippen LogP contribution in [0.1, 0.15) is 31.3 Å². The number of hydrogen-bond donors (Lipinski definition) is 1. The number of nitrogens with zero attached hydrogens (tertiary/aromatic N) is 2. The average Bonchev–Trinajstić information content (AvgIpc) is 2.31. The summed E-state index contributed by atoms with van der Waals surface area (Å²) in [5.41, 5.74) is 1.07. The predicted octanol–water partition coefficient (Wildman–Crippen LogP) is 1.67. The Morgan fingerprint density at radius 2 is 2.12 bits per heavy atom. The van der Waals surface area contributed by atoms with E-state index in [0.29, 0.717) is 6.04 Å². The molecule has 1 aromatic rings. The van der Waals surface area contributed by atoms with E-state index >= 15 is 0 Å². The van der Waals surface area contributed by atoms with E-state index in [2.05, 4.69) is 22.2 Å². The van der Waals surface area contributed by atoms with E-state index in [1.807, 2.05) is 13.0 Å². The quantitative estimate of drug-likeness (QED) is 0.890. The minimum atomic E-state index is -0.602. The van der Waals surface area contributed by atoms with Crippen LogP contribution < -0.4 is 5.32 Å². The van der Waals surface area contributed by atoms with Crippen molar-refractivity contribution in [3.05, 3.63) is 17.6 Å². The maximum absolute atomic E-state index is 11.3. The lowest BCUT2D eigenvalue weighted by Crippen LogP contribution is -2.29. The molecule has 0 bridgehead atoms. The Balaban J connectivity index is 2.02. The second kappa shape index (κ2) is 5.58. The van der Waals surface area contributed by atoms with Gasteiger partial charge in [0, 0.05) is 40.1 Å². The molecule has 1 aliphatic heterocycles. The molecule has 0 amide bonds. The molecule has 1 saturated heterocycles. The molecule has 1 aliphatic rings. The topological polar surface area (TPSA) is 54.9 Å². The van der Waals surface area contributed by atoms with Gasteiger partial charge in [0.2, 0.25) is 0 Å². The second-order valence-electron chi connectivity index (χ2n) is 4.41. The van der Waals surface area contributed by atoms with Gasteiger partial charge in [0.15, 0.2) is 0 Å². The van der Waals surface area contributed by atoms with Crippen LogP contribution in [-0.4, -0.2) is 31.7 Å². The van der Waals surface area contributed by atoms with Crippen molar-refractivity contribution in [1.29, 1.82) is 0 Å². The highest BCUT2D eigenvalue weighted by atomic mass is 32.2. The Kier molecular flexibility index (Phi) is 4.10. The van der Waals surface area contributed by atoms with E-state index in [1.54, 1.807) is 0 Å². The number of aromatic nitrogens is 2. The molecule has 1 fully saturated rings. The number of hydrogen-bond acceptors (Lipinski definition) is 4. The largest absolute Gasteiger partial charge is 0.367 e. The third-order valence-electron chi connectivity index (χ3n) is 2.99. The van der Waals surface area contributed by atoms with Gasteiger partial charge in [0.05, 0.1) is 0 Å². The van der Waals surface area contributed by atoms with E-state index in [-0.39, 0.29) is 0 Å². The minimum Gasteiger partial charge on any atom is -0.367 e. The van der Waals surface area contributed by atoms with Crippen molar-refractivity contribution < 1.29 is 4.21 Å². The van der Waals surface area contributed by atoms with Crippen LogP contribution in [0.2, 0.25) is 0 Å². The fraction of sp³-hybridized carbons (Fsp3) is 0.667. The van der Waals surface area contributed by atoms with Crippen molar-refractivity contribution in [3.63, 3.8) is 0 Å². The van der Waals surface area contributed by atoms with Gasteiger partial charge >= 0.3 is 0 Å². The van der Waals surface area contributed by atoms with Gasteiger partial charge in [-0.3, -0.25) is 4.21 Å². The molecule has 0 radical (unpaired) electrons. The first-order chi connectivity index (χ1) is 8.17. The average molecular weight is 253 g/mol. The summed E-state index contributed by atoms with van der Waals surface area (Å²) in [6, 6.07) is 2.42. The maximum atomic E-state index is 11.3. The summed E-state index contributed by atoms with van der Waals surface area (Å²) in [6.07, 6.45) is 2.86. The molecular weight excluding hydrogens is 234 g/mol. The Morgan fingerprint density at radius 1 is 1.41 bits per heavy atom. The lowest BCUT2D eigenvalue weighted by Gasteiger charge is -2.23. The molecule has 4 nitrogen and oxygen atoms in total. The smallest absolute Gasteiger partial charge is 0.130 e. The summed E-state index contributed by atoms with van der Waals surface area (Å²) >= 11 is 0. The Labute approximate surface area is 105 Å². The van der Waals surface area contributed by atoms with Crippen LogP contribution in [-0.2, 0) is 17.2 Å². The predicted molar refractivity (Wildman–Crippen MR) is 70.7 cm³/mol. The molecule has 17 heavy (non-hydrogen) atoms. The van der Waals surface area contributed by atoms with Crippen molar-refractivity contribution in [2.75, 3.05) is 16.8 Å². The summed E-state index contributed by atoms with van der Waals surface area (Å²) in [4.78, 5) is 8.75. The highest BCUT2D eigenvalue weighted by molar-refractivity contribution is 7.85. The summed E-state index contributed by atoms with van der Waals surface area (Å²) in [6.45, 7) is 4.01. The SMILES string of the molecule is CCc1cc(NC2CCS(=O)CC2)nc(C)n1. The zero-order chi connectivity index (χ0) is 12.3. The third-order valence-corrected chi connectivity index (χ3v) is 4.38. The second-order valence-corrected chi connectivity index (χ2v) is 6.11. The number of aryl methyl sites for hydroxylation is 2. The van der Waals surface area contributed by atoms with Crippen LogP contribution in [0.25, 0.3) is 0 Å². The molecular formula is C12H19N3OS. The highest BCUT2D eigenvalue weighted by Crippen LogP contribution is 2.15. The fourth-order valence-corrected chi connectivity index (χ4v) is 3.33. The molecule has 0 aliphatic carbocycles. The van der Waals surface area contributed by atoms with E-state index in [9.17, 15) is 4.21 Å². The molecule has 0 aromatic carbocycles. The van der Waals surface area contributed by atoms with Gasteiger partial charge < -0.3 is 5.32 Å². The molecule has 0 spiro atoms. The third kappa shape index (κ3) is 3.49. The lowest BCUT2D eigenvalue weighted by molar-refractivity contribution is 0.622. The Hall–Kier alpha value is -0.970. The first kappa shape index (κ1) is 12.5. The zero-order valence-corrected chi connectivity index (χ0v) is 11.2. The van der Waals surface area contributed by atoms with Crippen molar-refractivity contribution in [1.82, 2.24) is 9.97 Å². The van der Waals surface area contributed by atoms with Gasteiger partial charge in [-0.1, -0.05) is 6.92 Å². The van der Waals surface area contributed by atoms with E-state index in [0.717, 1.165) is 48.1 Å². The molecule has 1 N–H and O–H groups in total. The van der Waals surface area contributed by atoms with Crippen molar-refractivity contribution >= 4 is 16.6 Å². The fourth-order valence-electron chi connectivity index (χ4n) is 2.03. The molecule has 2 rings (SSSR count). The van der Waals surface area contributed by atoms with Crippen LogP contribution in [0.5, 0.6) is 0 Å². The van der Waals surface area contributed by atoms with Gasteiger partial charge in [-0.2, -0.15) is 0 Å². The van der Waals surface area contributed by atoms with E-state index < -0.39 is 10.8 Å². The molecule has 94 valence electrons. The van der Waals surface area contributed by atoms with Crippen molar-refractivity contribution in [3.8, 4) is 0 Å². The summed E-state index contributed by atoms with van der Waals surface area (Å²) < 4.78 is 11.3. The zero-order valence-electron chi connectivity index (χ0n) is 10.4. The molecule has 5 heteroatoms. The van der Waals surface area contributed by atoms with Crippen LogP contribution >= 0.6 is 0 Å². The van der Waals surface area contributed by atoms with E-state index in [4.69, 9.17) is 0 Å². The first-order valence-corrected chi connectivity index (χ1v) is 7.62. The van der Waals surface area contributed by atoms with Crippen LogP contribution in [0, 0.1) is 6.92 Å². The van der Waals surface area contributed by atoms with Gasteiger partial charge in [-0.15, -0.1) is 0 Å². The van der Waals surface area contributed by atoms with Crippen LogP contribution in [0.15, 0.2) is 6.07 Å². The van der Waals surface area contributed by atoms with Gasteiger partial charge in [-0.05, 0) is 26.2 Å². The van der Waals surface area contributed by atoms with Gasteiger partial charge in [-0.25, -0.2) is 9.97 Å². The van der Waals surface area contributed by atoms with Crippen LogP contribution in [0.3, 0.4) is 0 Å². The van der Waals surface area contributed by atoms with Crippen LogP contribution in [0.4, 0.5) is 5.82 Å². The lowest BCUT2D eigenvalue weighted by atomic mass is 10.1. The summed E-state index contributed by atoms with van der Waals surface area (Å²) in [5.74, 6) is 3.34. The summed E-state index contributed by atoms with van der Waals surface area (Å²) in [7, 11) is -0.602. The monoisotopic (exact) mass is 253 g/mol. The van der Waals surface area contributed by atoms with Gasteiger partial charge in [0.1, 0.15) is 11.6 Å². The summed E-state index contributed by atoms with van der Waals surface area (Å²) in [5, 5.41) is 3.43. The number of anilines is 1. The number of nitrogens with one attached hydrogen (secondary N) is 1. The van der Waals surface area contributed by atoms with Crippen molar-refractivity contribution in [2.45, 2.75) is 39.2 Å². The standard InChI is InChI=1S/C12H19N3OS/c1-3-10-8-12(14-9(2)13-10)15-11-4-6-17(16)7-5-11/h8,11H,3-7H2,1-2H3,(H,13,14,15). The highest BCUT2D eigenvalue weighted by Gasteiger charge is 2.18. The molecule has 0 unspecified atom stereocenters. The van der Waals surface area contributed by atoms with E-state index in [1.165, 1.54) is 0 Å². The normalized spacial score (nSPS) is 24.6. The molecule has 0 atom stereocenters. The van der Waals surface area contributed by atoms with Gasteiger partial charge in [0.25, 0.3) is 0 Å². The number of rotatable bonds is 3. The molecule has 0 saturated carbocycles. The first-order valence-electron chi connectivity index (χ1n) is 6.13. The minimum absolute atomic E-state index is 0.409. The Morgan fingerprint density at radius 3 is 2.76 bits per heavy atom.